The van der Waals surface area contributed by atoms with Gasteiger partial charge in [0.05, 0.1) is 0 Å². The summed E-state index contributed by atoms with van der Waals surface area (Å²) in [6.07, 6.45) is 0. The lowest BCUT2D eigenvalue weighted by Crippen LogP contribution is -2.13. The van der Waals surface area contributed by atoms with Crippen LogP contribution in [0.2, 0.25) is 0 Å². The first-order valence-electron chi connectivity index (χ1n) is 6.84. The molecule has 0 amide bonds. The Bertz CT molecular complexity index is 649. The smallest absolute Gasteiger partial charge is 0.124 e. The number of rotatable bonds is 1. The quantitative estimate of drug-likeness (QED) is 0.790. The standard InChI is InChI=1S/C18H22O2/c1-11-6-7-13(15(19)9-11)17-14(18(3,4)5)8-12(2)10-16(17)20/h6-10,19-20H,1-5H3. The van der Waals surface area contributed by atoms with E-state index in [4.69, 9.17) is 0 Å². The lowest BCUT2D eigenvalue weighted by molar-refractivity contribution is 0.465. The van der Waals surface area contributed by atoms with E-state index in [1.54, 1.807) is 12.1 Å². The van der Waals surface area contributed by atoms with Gasteiger partial charge in [0.15, 0.2) is 0 Å². The number of aromatic hydroxyl groups is 2. The van der Waals surface area contributed by atoms with Crippen LogP contribution >= 0.6 is 0 Å². The SMILES string of the molecule is Cc1ccc(-c2c(O)cc(C)cc2C(C)(C)C)c(O)c1. The molecule has 0 fully saturated rings. The van der Waals surface area contributed by atoms with E-state index in [1.165, 1.54) is 0 Å². The van der Waals surface area contributed by atoms with Crippen molar-refractivity contribution in [2.75, 3.05) is 0 Å². The van der Waals surface area contributed by atoms with E-state index in [2.05, 4.69) is 26.8 Å². The van der Waals surface area contributed by atoms with Crippen LogP contribution in [0, 0.1) is 13.8 Å². The molecule has 0 aliphatic carbocycles. The van der Waals surface area contributed by atoms with E-state index in [-0.39, 0.29) is 16.9 Å². The topological polar surface area (TPSA) is 40.5 Å². The molecule has 0 saturated carbocycles. The summed E-state index contributed by atoms with van der Waals surface area (Å²) in [4.78, 5) is 0. The van der Waals surface area contributed by atoms with Crippen LogP contribution < -0.4 is 0 Å². The van der Waals surface area contributed by atoms with Gasteiger partial charge in [-0.2, -0.15) is 0 Å². The van der Waals surface area contributed by atoms with Crippen LogP contribution in [-0.2, 0) is 5.41 Å². The van der Waals surface area contributed by atoms with Crippen LogP contribution in [-0.4, -0.2) is 10.2 Å². The Hall–Kier alpha value is -1.96. The van der Waals surface area contributed by atoms with Gasteiger partial charge in [-0.3, -0.25) is 0 Å². The fraction of sp³-hybridized carbons (Fsp3) is 0.333. The third-order valence-corrected chi connectivity index (χ3v) is 3.49. The van der Waals surface area contributed by atoms with Crippen LogP contribution in [0.15, 0.2) is 30.3 Å². The maximum atomic E-state index is 10.4. The molecular weight excluding hydrogens is 248 g/mol. The zero-order valence-corrected chi connectivity index (χ0v) is 12.8. The number of phenolic OH excluding ortho intramolecular Hbond substituents is 2. The average Bonchev–Trinajstić information content (AvgIpc) is 2.28. The van der Waals surface area contributed by atoms with E-state index in [0.29, 0.717) is 5.56 Å². The second-order valence-corrected chi connectivity index (χ2v) is 6.48. The summed E-state index contributed by atoms with van der Waals surface area (Å²) in [5, 5.41) is 20.6. The van der Waals surface area contributed by atoms with Gasteiger partial charge in [-0.15, -0.1) is 0 Å². The largest absolute Gasteiger partial charge is 0.507 e. The molecule has 0 bridgehead atoms. The van der Waals surface area contributed by atoms with E-state index < -0.39 is 0 Å². The van der Waals surface area contributed by atoms with Crippen molar-refractivity contribution >= 4 is 0 Å². The number of hydrogen-bond donors (Lipinski definition) is 2. The van der Waals surface area contributed by atoms with Crippen molar-refractivity contribution in [1.82, 2.24) is 0 Å². The van der Waals surface area contributed by atoms with Crippen molar-refractivity contribution in [2.45, 2.75) is 40.0 Å². The minimum Gasteiger partial charge on any atom is -0.507 e. The molecule has 2 aromatic carbocycles. The Balaban J connectivity index is 2.79. The van der Waals surface area contributed by atoms with E-state index >= 15 is 0 Å². The van der Waals surface area contributed by atoms with E-state index in [1.807, 2.05) is 26.0 Å². The fourth-order valence-corrected chi connectivity index (χ4v) is 2.49. The van der Waals surface area contributed by atoms with Crippen LogP contribution in [0.3, 0.4) is 0 Å². The second kappa shape index (κ2) is 4.86. The zero-order chi connectivity index (χ0) is 15.1. The molecule has 2 nitrogen and oxygen atoms in total. The molecule has 0 radical (unpaired) electrons. The molecule has 2 heteroatoms. The summed E-state index contributed by atoms with van der Waals surface area (Å²) in [6.45, 7) is 10.2. The highest BCUT2D eigenvalue weighted by atomic mass is 16.3. The first kappa shape index (κ1) is 14.4. The van der Waals surface area contributed by atoms with Crippen LogP contribution in [0.4, 0.5) is 0 Å². The maximum Gasteiger partial charge on any atom is 0.124 e. The van der Waals surface area contributed by atoms with Crippen molar-refractivity contribution in [1.29, 1.82) is 0 Å². The van der Waals surface area contributed by atoms with Gasteiger partial charge in [0.25, 0.3) is 0 Å². The van der Waals surface area contributed by atoms with Gasteiger partial charge in [-0.1, -0.05) is 39.0 Å². The number of benzene rings is 2. The van der Waals surface area contributed by atoms with Gasteiger partial charge in [-0.25, -0.2) is 0 Å². The summed E-state index contributed by atoms with van der Waals surface area (Å²) in [6, 6.07) is 9.35. The summed E-state index contributed by atoms with van der Waals surface area (Å²) >= 11 is 0. The number of aryl methyl sites for hydroxylation is 2. The molecule has 0 aromatic heterocycles. The molecule has 2 aromatic rings. The highest BCUT2D eigenvalue weighted by Crippen LogP contribution is 2.43. The molecular formula is C18H22O2. The molecule has 2 rings (SSSR count). The molecule has 0 unspecified atom stereocenters. The Morgan fingerprint density at radius 3 is 1.95 bits per heavy atom. The summed E-state index contributed by atoms with van der Waals surface area (Å²) in [5.41, 5.74) is 4.33. The monoisotopic (exact) mass is 270 g/mol. The molecule has 0 aliphatic heterocycles. The van der Waals surface area contributed by atoms with Gasteiger partial charge < -0.3 is 10.2 Å². The molecule has 0 saturated heterocycles. The minimum atomic E-state index is -0.115. The average molecular weight is 270 g/mol. The van der Waals surface area contributed by atoms with E-state index in [9.17, 15) is 10.2 Å². The Kier molecular flexibility index (Phi) is 3.51. The van der Waals surface area contributed by atoms with Crippen LogP contribution in [0.25, 0.3) is 11.1 Å². The van der Waals surface area contributed by atoms with E-state index in [0.717, 1.165) is 22.3 Å². The minimum absolute atomic E-state index is 0.115. The van der Waals surface area contributed by atoms with Crippen molar-refractivity contribution in [2.24, 2.45) is 0 Å². The van der Waals surface area contributed by atoms with Gasteiger partial charge in [0.1, 0.15) is 11.5 Å². The molecule has 20 heavy (non-hydrogen) atoms. The van der Waals surface area contributed by atoms with Crippen molar-refractivity contribution in [3.8, 4) is 22.6 Å². The van der Waals surface area contributed by atoms with Crippen LogP contribution in [0.5, 0.6) is 11.5 Å². The van der Waals surface area contributed by atoms with Gasteiger partial charge >= 0.3 is 0 Å². The normalized spacial score (nSPS) is 11.7. The summed E-state index contributed by atoms with van der Waals surface area (Å²) < 4.78 is 0. The Labute approximate surface area is 120 Å². The second-order valence-electron chi connectivity index (χ2n) is 6.48. The summed E-state index contributed by atoms with van der Waals surface area (Å²) in [7, 11) is 0. The van der Waals surface area contributed by atoms with Crippen molar-refractivity contribution < 1.29 is 10.2 Å². The predicted molar refractivity (Wildman–Crippen MR) is 83.4 cm³/mol. The predicted octanol–water partition coefficient (Wildman–Crippen LogP) is 4.68. The van der Waals surface area contributed by atoms with Crippen molar-refractivity contribution in [3.05, 3.63) is 47.0 Å². The third kappa shape index (κ3) is 2.64. The first-order chi connectivity index (χ1) is 9.20. The molecule has 0 spiro atoms. The maximum absolute atomic E-state index is 10.4. The van der Waals surface area contributed by atoms with Gasteiger partial charge in [0, 0.05) is 11.1 Å². The van der Waals surface area contributed by atoms with Crippen molar-refractivity contribution in [3.63, 3.8) is 0 Å². The molecule has 0 atom stereocenters. The first-order valence-corrected chi connectivity index (χ1v) is 6.84. The Morgan fingerprint density at radius 2 is 1.40 bits per heavy atom. The molecule has 2 N–H and O–H groups in total. The highest BCUT2D eigenvalue weighted by molar-refractivity contribution is 5.79. The van der Waals surface area contributed by atoms with Gasteiger partial charge in [-0.05, 0) is 48.1 Å². The van der Waals surface area contributed by atoms with Crippen LogP contribution in [0.1, 0.15) is 37.5 Å². The highest BCUT2D eigenvalue weighted by Gasteiger charge is 2.23. The molecule has 0 heterocycles. The lowest BCUT2D eigenvalue weighted by atomic mass is 9.80. The lowest BCUT2D eigenvalue weighted by Gasteiger charge is -2.25. The number of hydrogen-bond acceptors (Lipinski definition) is 2. The van der Waals surface area contributed by atoms with Gasteiger partial charge in [0.2, 0.25) is 0 Å². The molecule has 0 aliphatic rings. The fourth-order valence-electron chi connectivity index (χ4n) is 2.49. The molecule has 106 valence electrons. The Morgan fingerprint density at radius 1 is 0.800 bits per heavy atom. The summed E-state index contributed by atoms with van der Waals surface area (Å²) in [5.74, 6) is 0.420. The number of phenols is 2. The third-order valence-electron chi connectivity index (χ3n) is 3.49. The zero-order valence-electron chi connectivity index (χ0n) is 12.8.